The van der Waals surface area contributed by atoms with E-state index < -0.39 is 10.0 Å². The van der Waals surface area contributed by atoms with Crippen molar-refractivity contribution in [2.45, 2.75) is 18.2 Å². The third-order valence-electron chi connectivity index (χ3n) is 2.44. The van der Waals surface area contributed by atoms with Crippen LogP contribution in [0.1, 0.15) is 12.8 Å². The van der Waals surface area contributed by atoms with Crippen molar-refractivity contribution in [1.29, 1.82) is 0 Å². The molecule has 2 N–H and O–H groups in total. The lowest BCUT2D eigenvalue weighted by Gasteiger charge is -2.10. The van der Waals surface area contributed by atoms with E-state index in [9.17, 15) is 8.42 Å². The fourth-order valence-corrected chi connectivity index (χ4v) is 2.75. The van der Waals surface area contributed by atoms with Gasteiger partial charge in [-0.25, -0.2) is 18.1 Å². The maximum Gasteiger partial charge on any atom is 0.244 e. The highest BCUT2D eigenvalue weighted by Gasteiger charge is 2.18. The van der Waals surface area contributed by atoms with Gasteiger partial charge in [0, 0.05) is 25.7 Å². The third-order valence-corrected chi connectivity index (χ3v) is 3.93. The van der Waals surface area contributed by atoms with Crippen LogP contribution in [0.4, 0.5) is 5.82 Å². The van der Waals surface area contributed by atoms with Crippen LogP contribution >= 0.6 is 0 Å². The molecule has 0 spiro atoms. The van der Waals surface area contributed by atoms with Gasteiger partial charge in [0.15, 0.2) is 6.33 Å². The lowest BCUT2D eigenvalue weighted by atomic mass is 10.4. The molecular weight excluding hydrogens is 282 g/mol. The van der Waals surface area contributed by atoms with Crippen LogP contribution in [0.15, 0.2) is 34.1 Å². The van der Waals surface area contributed by atoms with Gasteiger partial charge in [-0.2, -0.15) is 4.98 Å². The van der Waals surface area contributed by atoms with Gasteiger partial charge in [0.05, 0.1) is 0 Å². The fraction of sp³-hybridized carbons (Fsp3) is 0.364. The van der Waals surface area contributed by atoms with Gasteiger partial charge in [-0.05, 0) is 19.1 Å². The molecule has 9 heteroatoms. The number of aromatic nitrogens is 3. The Balaban J connectivity index is 2.06. The maximum atomic E-state index is 12.2. The van der Waals surface area contributed by atoms with Crippen LogP contribution in [0, 0.1) is 0 Å². The number of anilines is 1. The van der Waals surface area contributed by atoms with Gasteiger partial charge in [-0.3, -0.25) is 0 Å². The number of hydrogen-bond donors (Lipinski definition) is 2. The lowest BCUT2D eigenvalue weighted by molar-refractivity contribution is 0.377. The molecule has 0 radical (unpaired) electrons. The molecular formula is C11H15N5O3S. The van der Waals surface area contributed by atoms with E-state index >= 15 is 0 Å². The second kappa shape index (κ2) is 6.44. The van der Waals surface area contributed by atoms with Crippen molar-refractivity contribution in [3.63, 3.8) is 0 Å². The van der Waals surface area contributed by atoms with E-state index in [2.05, 4.69) is 25.2 Å². The fourth-order valence-electron chi connectivity index (χ4n) is 1.58. The van der Waals surface area contributed by atoms with Crippen LogP contribution in [0.2, 0.25) is 0 Å². The topological polar surface area (TPSA) is 110 Å². The Morgan fingerprint density at radius 2 is 2.20 bits per heavy atom. The maximum absolute atomic E-state index is 12.2. The van der Waals surface area contributed by atoms with Crippen LogP contribution in [0.3, 0.4) is 0 Å². The summed E-state index contributed by atoms with van der Waals surface area (Å²) in [6, 6.07) is 3.08. The summed E-state index contributed by atoms with van der Waals surface area (Å²) in [5.74, 6) is 0.714. The van der Waals surface area contributed by atoms with Gasteiger partial charge >= 0.3 is 0 Å². The predicted molar refractivity (Wildman–Crippen MR) is 71.6 cm³/mol. The molecule has 0 unspecified atom stereocenters. The summed E-state index contributed by atoms with van der Waals surface area (Å²) in [6.07, 6.45) is 3.14. The van der Waals surface area contributed by atoms with Gasteiger partial charge < -0.3 is 9.84 Å². The van der Waals surface area contributed by atoms with Crippen molar-refractivity contribution >= 4 is 15.8 Å². The molecule has 0 saturated heterocycles. The molecule has 8 nitrogen and oxygen atoms in total. The van der Waals surface area contributed by atoms with E-state index in [0.29, 0.717) is 24.7 Å². The largest absolute Gasteiger partial charge is 0.369 e. The number of nitrogens with one attached hydrogen (secondary N) is 2. The highest BCUT2D eigenvalue weighted by molar-refractivity contribution is 7.89. The first kappa shape index (κ1) is 14.4. The summed E-state index contributed by atoms with van der Waals surface area (Å²) in [5.41, 5.74) is 0. The first-order valence-corrected chi connectivity index (χ1v) is 7.56. The van der Waals surface area contributed by atoms with Crippen molar-refractivity contribution in [3.8, 4) is 0 Å². The molecule has 108 valence electrons. The molecule has 2 rings (SSSR count). The van der Waals surface area contributed by atoms with E-state index in [4.69, 9.17) is 4.52 Å². The first-order chi connectivity index (χ1) is 9.63. The summed E-state index contributed by atoms with van der Waals surface area (Å²) in [6.45, 7) is 2.63. The van der Waals surface area contributed by atoms with Crippen molar-refractivity contribution in [2.75, 3.05) is 18.4 Å². The molecule has 0 atom stereocenters. The minimum atomic E-state index is -3.63. The van der Waals surface area contributed by atoms with Crippen molar-refractivity contribution < 1.29 is 12.9 Å². The molecule has 0 amide bonds. The summed E-state index contributed by atoms with van der Waals surface area (Å²) >= 11 is 0. The Bertz CT molecular complexity index is 642. The van der Waals surface area contributed by atoms with Gasteiger partial charge in [0.1, 0.15) is 10.7 Å². The number of pyridine rings is 1. The third kappa shape index (κ3) is 3.52. The Morgan fingerprint density at radius 3 is 2.90 bits per heavy atom. The molecule has 0 saturated carbocycles. The first-order valence-electron chi connectivity index (χ1n) is 6.07. The standard InChI is InChI=1S/C11H15N5O3S/c1-2-12-11-9(4-3-6-13-11)20(17,18)16-7-5-10-14-8-15-19-10/h3-4,6,8,16H,2,5,7H2,1H3,(H,12,13). The van der Waals surface area contributed by atoms with Crippen LogP contribution in [0.25, 0.3) is 0 Å². The van der Waals surface area contributed by atoms with Gasteiger partial charge in [0.2, 0.25) is 15.9 Å². The molecule has 0 bridgehead atoms. The molecule has 2 aromatic heterocycles. The zero-order valence-electron chi connectivity index (χ0n) is 10.9. The average molecular weight is 297 g/mol. The highest BCUT2D eigenvalue weighted by Crippen LogP contribution is 2.17. The minimum Gasteiger partial charge on any atom is -0.369 e. The molecule has 0 aliphatic heterocycles. The molecule has 0 aliphatic rings. The number of sulfonamides is 1. The van der Waals surface area contributed by atoms with Gasteiger partial charge in [-0.1, -0.05) is 5.16 Å². The smallest absolute Gasteiger partial charge is 0.244 e. The molecule has 2 heterocycles. The SMILES string of the molecule is CCNc1ncccc1S(=O)(=O)NCCc1ncno1. The summed E-state index contributed by atoms with van der Waals surface area (Å²) in [7, 11) is -3.63. The van der Waals surface area contributed by atoms with E-state index in [1.807, 2.05) is 6.92 Å². The lowest BCUT2D eigenvalue weighted by Crippen LogP contribution is -2.27. The monoisotopic (exact) mass is 297 g/mol. The van der Waals surface area contributed by atoms with E-state index in [1.165, 1.54) is 18.6 Å². The second-order valence-corrected chi connectivity index (χ2v) is 5.60. The number of hydrogen-bond acceptors (Lipinski definition) is 7. The highest BCUT2D eigenvalue weighted by atomic mass is 32.2. The normalized spacial score (nSPS) is 11.4. The Morgan fingerprint density at radius 1 is 1.35 bits per heavy atom. The molecule has 0 aliphatic carbocycles. The van der Waals surface area contributed by atoms with Crippen LogP contribution < -0.4 is 10.0 Å². The minimum absolute atomic E-state index is 0.118. The molecule has 0 aromatic carbocycles. The number of rotatable bonds is 7. The Kier molecular flexibility index (Phi) is 4.64. The average Bonchev–Trinajstić information content (AvgIpc) is 2.92. The van der Waals surface area contributed by atoms with Crippen molar-refractivity contribution in [2.24, 2.45) is 0 Å². The summed E-state index contributed by atoms with van der Waals surface area (Å²) in [5, 5.41) is 6.37. The Labute approximate surface area is 116 Å². The van der Waals surface area contributed by atoms with E-state index in [1.54, 1.807) is 6.07 Å². The van der Waals surface area contributed by atoms with Crippen LogP contribution in [-0.4, -0.2) is 36.6 Å². The van der Waals surface area contributed by atoms with Crippen LogP contribution in [-0.2, 0) is 16.4 Å². The zero-order chi connectivity index (χ0) is 14.4. The van der Waals surface area contributed by atoms with Gasteiger partial charge in [0.25, 0.3) is 0 Å². The summed E-state index contributed by atoms with van der Waals surface area (Å²) in [4.78, 5) is 7.96. The molecule has 0 fully saturated rings. The van der Waals surface area contributed by atoms with Crippen molar-refractivity contribution in [3.05, 3.63) is 30.5 Å². The van der Waals surface area contributed by atoms with E-state index in [-0.39, 0.29) is 11.4 Å². The quantitative estimate of drug-likeness (QED) is 0.762. The van der Waals surface area contributed by atoms with Crippen molar-refractivity contribution in [1.82, 2.24) is 19.8 Å². The second-order valence-electron chi connectivity index (χ2n) is 3.86. The zero-order valence-corrected chi connectivity index (χ0v) is 11.7. The summed E-state index contributed by atoms with van der Waals surface area (Å²) < 4.78 is 31.7. The van der Waals surface area contributed by atoms with E-state index in [0.717, 1.165) is 0 Å². The number of nitrogens with zero attached hydrogens (tertiary/aromatic N) is 3. The van der Waals surface area contributed by atoms with Crippen LogP contribution in [0.5, 0.6) is 0 Å². The molecule has 20 heavy (non-hydrogen) atoms. The van der Waals surface area contributed by atoms with Gasteiger partial charge in [-0.15, -0.1) is 0 Å². The molecule has 2 aromatic rings. The predicted octanol–water partition coefficient (Wildman–Crippen LogP) is 0.417. The Hall–Kier alpha value is -2.00.